The molecule has 0 atom stereocenters. The van der Waals surface area contributed by atoms with Crippen molar-refractivity contribution in [3.63, 3.8) is 0 Å². The Morgan fingerprint density at radius 3 is 2.46 bits per heavy atom. The molecule has 2 nitrogen and oxygen atoms in total. The molecule has 0 radical (unpaired) electrons. The van der Waals surface area contributed by atoms with Gasteiger partial charge >= 0.3 is 6.18 Å². The number of hydrogen-bond acceptors (Lipinski definition) is 3. The number of amides is 1. The molecule has 0 aromatic heterocycles. The lowest BCUT2D eigenvalue weighted by Gasteiger charge is -2.16. The zero-order valence-corrected chi connectivity index (χ0v) is 15.9. The predicted molar refractivity (Wildman–Crippen MR) is 111 cm³/mol. The number of carbonyl (C=O) groups excluding carboxylic acids is 1. The summed E-state index contributed by atoms with van der Waals surface area (Å²) in [5.41, 5.74) is 0.137. The van der Waals surface area contributed by atoms with Gasteiger partial charge in [0.25, 0.3) is 5.91 Å². The first-order valence-electron chi connectivity index (χ1n) is 8.27. The number of fused-ring (bicyclic) bond motifs is 1. The summed E-state index contributed by atoms with van der Waals surface area (Å²) < 4.78 is 39.2. The number of nitrogens with zero attached hydrogens (tertiary/aromatic N) is 1. The summed E-state index contributed by atoms with van der Waals surface area (Å²) in [5, 5.41) is 2.01. The summed E-state index contributed by atoms with van der Waals surface area (Å²) in [7, 11) is 0. The van der Waals surface area contributed by atoms with Crippen LogP contribution in [0.4, 0.5) is 18.9 Å². The Kier molecular flexibility index (Phi) is 4.72. The number of hydrogen-bond donors (Lipinski definition) is 0. The number of alkyl halides is 3. The van der Waals surface area contributed by atoms with Gasteiger partial charge < -0.3 is 0 Å². The van der Waals surface area contributed by atoms with E-state index in [2.05, 4.69) is 0 Å². The van der Waals surface area contributed by atoms with E-state index in [9.17, 15) is 18.0 Å². The Morgan fingerprint density at radius 1 is 0.964 bits per heavy atom. The van der Waals surface area contributed by atoms with E-state index in [-0.39, 0.29) is 10.0 Å². The normalized spacial score (nSPS) is 16.4. The van der Waals surface area contributed by atoms with E-state index in [1.54, 1.807) is 6.08 Å². The SMILES string of the molecule is O=C1/C(=C\c2cccc3ccccc23)SC(=S)N1c1cccc(C(F)(F)F)c1. The van der Waals surface area contributed by atoms with Gasteiger partial charge in [-0.1, -0.05) is 72.5 Å². The molecule has 1 aliphatic rings. The molecule has 4 rings (SSSR count). The zero-order valence-electron chi connectivity index (χ0n) is 14.2. The molecule has 1 amide bonds. The van der Waals surface area contributed by atoms with Crippen LogP contribution in [0, 0.1) is 0 Å². The van der Waals surface area contributed by atoms with Crippen LogP contribution in [-0.4, -0.2) is 10.2 Å². The van der Waals surface area contributed by atoms with Crippen LogP contribution in [0.1, 0.15) is 11.1 Å². The Hall–Kier alpha value is -2.64. The topological polar surface area (TPSA) is 20.3 Å². The van der Waals surface area contributed by atoms with E-state index >= 15 is 0 Å². The first kappa shape index (κ1) is 18.7. The van der Waals surface area contributed by atoms with E-state index in [1.165, 1.54) is 12.1 Å². The quantitative estimate of drug-likeness (QED) is 0.364. The molecule has 0 aliphatic carbocycles. The maximum Gasteiger partial charge on any atom is 0.416 e. The fraction of sp³-hybridized carbons (Fsp3) is 0.0476. The maximum atomic E-state index is 13.0. The number of thiocarbonyl (C=S) groups is 1. The molecule has 1 saturated heterocycles. The first-order chi connectivity index (χ1) is 13.3. The first-order valence-corrected chi connectivity index (χ1v) is 9.50. The Labute approximate surface area is 168 Å². The van der Waals surface area contributed by atoms with Gasteiger partial charge in [0.05, 0.1) is 16.2 Å². The molecule has 1 heterocycles. The standard InChI is InChI=1S/C21H12F3NOS2/c22-21(23,24)15-8-4-9-16(12-15)25-19(26)18(28-20(25)27)11-14-7-3-6-13-5-1-2-10-17(13)14/h1-12H/b18-11+. The molecule has 28 heavy (non-hydrogen) atoms. The summed E-state index contributed by atoms with van der Waals surface area (Å²) in [5.74, 6) is -0.428. The number of thioether (sulfide) groups is 1. The molecule has 7 heteroatoms. The third kappa shape index (κ3) is 3.43. The monoisotopic (exact) mass is 415 g/mol. The van der Waals surface area contributed by atoms with Crippen molar-refractivity contribution < 1.29 is 18.0 Å². The highest BCUT2D eigenvalue weighted by Gasteiger charge is 2.36. The predicted octanol–water partition coefficient (Wildman–Crippen LogP) is 6.26. The highest BCUT2D eigenvalue weighted by atomic mass is 32.2. The van der Waals surface area contributed by atoms with Crippen LogP contribution in [0.25, 0.3) is 16.8 Å². The molecule has 3 aromatic carbocycles. The maximum absolute atomic E-state index is 13.0. The minimum Gasteiger partial charge on any atom is -0.268 e. The fourth-order valence-electron chi connectivity index (χ4n) is 3.03. The molecule has 1 fully saturated rings. The zero-order chi connectivity index (χ0) is 19.9. The van der Waals surface area contributed by atoms with E-state index in [4.69, 9.17) is 12.2 Å². The Balaban J connectivity index is 1.73. The third-order valence-electron chi connectivity index (χ3n) is 4.34. The van der Waals surface area contributed by atoms with E-state index in [0.29, 0.717) is 4.91 Å². The van der Waals surface area contributed by atoms with Crippen molar-refractivity contribution in [3.05, 3.63) is 82.8 Å². The fourth-order valence-corrected chi connectivity index (χ4v) is 4.32. The molecular formula is C21H12F3NOS2. The van der Waals surface area contributed by atoms with Crippen molar-refractivity contribution in [1.82, 2.24) is 0 Å². The molecule has 0 N–H and O–H groups in total. The number of halogens is 3. The van der Waals surface area contributed by atoms with Crippen LogP contribution >= 0.6 is 24.0 Å². The lowest BCUT2D eigenvalue weighted by Crippen LogP contribution is -2.27. The summed E-state index contributed by atoms with van der Waals surface area (Å²) >= 11 is 6.35. The molecule has 0 spiro atoms. The van der Waals surface area contributed by atoms with Gasteiger partial charge in [-0.05, 0) is 40.6 Å². The number of benzene rings is 3. The summed E-state index contributed by atoms with van der Waals surface area (Å²) in [6.45, 7) is 0. The van der Waals surface area contributed by atoms with Gasteiger partial charge in [0.1, 0.15) is 0 Å². The second kappa shape index (κ2) is 7.07. The number of anilines is 1. The highest BCUT2D eigenvalue weighted by molar-refractivity contribution is 8.27. The van der Waals surface area contributed by atoms with Crippen LogP contribution in [0.3, 0.4) is 0 Å². The van der Waals surface area contributed by atoms with Crippen LogP contribution in [0.15, 0.2) is 71.6 Å². The van der Waals surface area contributed by atoms with Crippen LogP contribution in [-0.2, 0) is 11.0 Å². The van der Waals surface area contributed by atoms with Crippen molar-refractivity contribution in [2.75, 3.05) is 4.90 Å². The number of rotatable bonds is 2. The lowest BCUT2D eigenvalue weighted by molar-refractivity contribution is -0.137. The lowest BCUT2D eigenvalue weighted by atomic mass is 10.0. The molecule has 0 unspecified atom stereocenters. The summed E-state index contributed by atoms with van der Waals surface area (Å²) in [4.78, 5) is 14.4. The van der Waals surface area contributed by atoms with Gasteiger partial charge in [0.2, 0.25) is 0 Å². The Bertz CT molecular complexity index is 1130. The second-order valence-corrected chi connectivity index (χ2v) is 7.81. The number of carbonyl (C=O) groups is 1. The van der Waals surface area contributed by atoms with Gasteiger partial charge in [-0.2, -0.15) is 13.2 Å². The van der Waals surface area contributed by atoms with Gasteiger partial charge in [0.15, 0.2) is 4.32 Å². The van der Waals surface area contributed by atoms with Gasteiger partial charge in [0, 0.05) is 0 Å². The molecule has 140 valence electrons. The Morgan fingerprint density at radius 2 is 1.68 bits per heavy atom. The average molecular weight is 415 g/mol. The smallest absolute Gasteiger partial charge is 0.268 e. The van der Waals surface area contributed by atoms with E-state index in [1.807, 2.05) is 42.5 Å². The molecule has 0 bridgehead atoms. The largest absolute Gasteiger partial charge is 0.416 e. The molecule has 1 aliphatic heterocycles. The molecule has 3 aromatic rings. The van der Waals surface area contributed by atoms with Crippen molar-refractivity contribution in [3.8, 4) is 0 Å². The minimum absolute atomic E-state index is 0.110. The molecule has 0 saturated carbocycles. The van der Waals surface area contributed by atoms with Crippen molar-refractivity contribution in [1.29, 1.82) is 0 Å². The third-order valence-corrected chi connectivity index (χ3v) is 5.64. The highest BCUT2D eigenvalue weighted by Crippen LogP contribution is 2.39. The van der Waals surface area contributed by atoms with Crippen LogP contribution < -0.4 is 4.90 Å². The van der Waals surface area contributed by atoms with Gasteiger partial charge in [-0.3, -0.25) is 9.69 Å². The molecular weight excluding hydrogens is 403 g/mol. The second-order valence-electron chi connectivity index (χ2n) is 6.13. The summed E-state index contributed by atoms with van der Waals surface area (Å²) in [6.07, 6.45) is -2.76. The minimum atomic E-state index is -4.49. The van der Waals surface area contributed by atoms with Crippen molar-refractivity contribution in [2.45, 2.75) is 6.18 Å². The van der Waals surface area contributed by atoms with Crippen LogP contribution in [0.2, 0.25) is 0 Å². The average Bonchev–Trinajstić information content (AvgIpc) is 2.95. The summed E-state index contributed by atoms with van der Waals surface area (Å²) in [6, 6.07) is 18.1. The van der Waals surface area contributed by atoms with Crippen LogP contribution in [0.5, 0.6) is 0 Å². The van der Waals surface area contributed by atoms with Crippen molar-refractivity contribution >= 4 is 56.7 Å². The van der Waals surface area contributed by atoms with E-state index < -0.39 is 17.6 Å². The van der Waals surface area contributed by atoms with E-state index in [0.717, 1.165) is 45.1 Å². The van der Waals surface area contributed by atoms with Crippen molar-refractivity contribution in [2.24, 2.45) is 0 Å². The van der Waals surface area contributed by atoms with Gasteiger partial charge in [-0.15, -0.1) is 0 Å². The van der Waals surface area contributed by atoms with Gasteiger partial charge in [-0.25, -0.2) is 0 Å².